The Morgan fingerprint density at radius 2 is 1.80 bits per heavy atom. The Hall–Kier alpha value is -0.780. The number of nitrogens with zero attached hydrogens (tertiary/aromatic N) is 1. The van der Waals surface area contributed by atoms with E-state index in [4.69, 9.17) is 0 Å². The van der Waals surface area contributed by atoms with E-state index in [9.17, 15) is 18.0 Å². The molecule has 0 heterocycles. The quantitative estimate of drug-likeness (QED) is 0.653. The van der Waals surface area contributed by atoms with Gasteiger partial charge in [-0.15, -0.1) is 5.06 Å². The van der Waals surface area contributed by atoms with Crippen molar-refractivity contribution in [2.24, 2.45) is 0 Å². The molecule has 0 aliphatic rings. The lowest BCUT2D eigenvalue weighted by Gasteiger charge is -2.20. The predicted molar refractivity (Wildman–Crippen MR) is 48.9 cm³/mol. The van der Waals surface area contributed by atoms with Crippen molar-refractivity contribution in [1.29, 1.82) is 0 Å². The van der Waals surface area contributed by atoms with E-state index in [0.717, 1.165) is 11.5 Å². The van der Waals surface area contributed by atoms with Gasteiger partial charge in [0.25, 0.3) is 0 Å². The molecule has 0 saturated carbocycles. The molecule has 0 rings (SSSR count). The fourth-order valence-electron chi connectivity index (χ4n) is 0.956. The topological polar surface area (TPSA) is 29.5 Å². The minimum absolute atomic E-state index is 0.321. The molecular weight excluding hydrogens is 211 g/mol. The number of carbonyl (C=O) groups is 1. The van der Waals surface area contributed by atoms with Crippen molar-refractivity contribution in [1.82, 2.24) is 5.06 Å². The van der Waals surface area contributed by atoms with Crippen LogP contribution in [0.15, 0.2) is 0 Å². The van der Waals surface area contributed by atoms with E-state index in [1.165, 1.54) is 0 Å². The molecule has 6 heteroatoms. The van der Waals surface area contributed by atoms with Gasteiger partial charge in [0.05, 0.1) is 0 Å². The van der Waals surface area contributed by atoms with Gasteiger partial charge in [-0.3, -0.25) is 0 Å². The molecule has 0 bridgehead atoms. The number of rotatable bonds is 6. The first-order valence-corrected chi connectivity index (χ1v) is 4.95. The van der Waals surface area contributed by atoms with E-state index in [0.29, 0.717) is 25.9 Å². The predicted octanol–water partition coefficient (Wildman–Crippen LogP) is 2.52. The summed E-state index contributed by atoms with van der Waals surface area (Å²) in [7, 11) is 0. The summed E-state index contributed by atoms with van der Waals surface area (Å²) >= 11 is 0. The first-order valence-electron chi connectivity index (χ1n) is 4.95. The van der Waals surface area contributed by atoms with Crippen LogP contribution >= 0.6 is 0 Å². The lowest BCUT2D eigenvalue weighted by Crippen LogP contribution is -2.35. The lowest BCUT2D eigenvalue weighted by molar-refractivity contribution is -0.238. The molecule has 0 fully saturated rings. The average Bonchev–Trinajstić information content (AvgIpc) is 2.13. The third kappa shape index (κ3) is 6.33. The summed E-state index contributed by atoms with van der Waals surface area (Å²) in [5.74, 6) is -2.15. The SMILES string of the molecule is CCCCN(CCC)OC(=O)C(F)(F)F. The number of hydrogen-bond donors (Lipinski definition) is 0. The number of unbranched alkanes of at least 4 members (excludes halogenated alkanes) is 1. The van der Waals surface area contributed by atoms with E-state index < -0.39 is 12.1 Å². The smallest absolute Gasteiger partial charge is 0.361 e. The van der Waals surface area contributed by atoms with Crippen molar-refractivity contribution < 1.29 is 22.8 Å². The van der Waals surface area contributed by atoms with Crippen LogP contribution in [0.4, 0.5) is 13.2 Å². The number of alkyl halides is 3. The summed E-state index contributed by atoms with van der Waals surface area (Å²) in [4.78, 5) is 14.8. The van der Waals surface area contributed by atoms with Crippen LogP contribution in [0.2, 0.25) is 0 Å². The van der Waals surface area contributed by atoms with Crippen LogP contribution in [-0.2, 0) is 9.63 Å². The largest absolute Gasteiger partial charge is 0.492 e. The Morgan fingerprint density at radius 3 is 2.20 bits per heavy atom. The Labute approximate surface area is 87.1 Å². The fourth-order valence-corrected chi connectivity index (χ4v) is 0.956. The maximum atomic E-state index is 11.9. The van der Waals surface area contributed by atoms with Crippen LogP contribution in [0.25, 0.3) is 0 Å². The third-order valence-corrected chi connectivity index (χ3v) is 1.68. The minimum atomic E-state index is -4.92. The Bertz CT molecular complexity index is 194. The number of hydrogen-bond acceptors (Lipinski definition) is 3. The normalized spacial score (nSPS) is 11.9. The zero-order chi connectivity index (χ0) is 11.9. The van der Waals surface area contributed by atoms with Crippen molar-refractivity contribution >= 4 is 5.97 Å². The van der Waals surface area contributed by atoms with Crippen molar-refractivity contribution in [2.45, 2.75) is 39.3 Å². The van der Waals surface area contributed by atoms with Gasteiger partial charge in [0, 0.05) is 13.1 Å². The molecule has 0 aliphatic carbocycles. The molecule has 0 saturated heterocycles. The maximum Gasteiger partial charge on any atom is 0.492 e. The molecule has 0 atom stereocenters. The van der Waals surface area contributed by atoms with Gasteiger partial charge >= 0.3 is 12.1 Å². The second-order valence-corrected chi connectivity index (χ2v) is 3.16. The van der Waals surface area contributed by atoms with Crippen molar-refractivity contribution in [2.75, 3.05) is 13.1 Å². The van der Waals surface area contributed by atoms with Gasteiger partial charge in [0.15, 0.2) is 0 Å². The number of hydroxylamine groups is 2. The highest BCUT2D eigenvalue weighted by Crippen LogP contribution is 2.17. The molecule has 0 amide bonds. The number of carbonyl (C=O) groups excluding carboxylic acids is 1. The summed E-state index contributed by atoms with van der Waals surface area (Å²) in [6, 6.07) is 0. The zero-order valence-corrected chi connectivity index (χ0v) is 8.93. The fraction of sp³-hybridized carbons (Fsp3) is 0.889. The summed E-state index contributed by atoms with van der Waals surface area (Å²) in [5, 5.41) is 1.07. The molecule has 0 unspecified atom stereocenters. The second-order valence-electron chi connectivity index (χ2n) is 3.16. The van der Waals surface area contributed by atoms with E-state index in [2.05, 4.69) is 4.84 Å². The highest BCUT2D eigenvalue weighted by Gasteiger charge is 2.42. The van der Waals surface area contributed by atoms with Gasteiger partial charge in [-0.2, -0.15) is 13.2 Å². The van der Waals surface area contributed by atoms with Gasteiger partial charge in [-0.05, 0) is 12.8 Å². The molecule has 3 nitrogen and oxygen atoms in total. The Kier molecular flexibility index (Phi) is 6.31. The standard InChI is InChI=1S/C9H16F3NO2/c1-3-5-7-13(6-4-2)15-8(14)9(10,11)12/h3-7H2,1-2H3. The monoisotopic (exact) mass is 227 g/mol. The summed E-state index contributed by atoms with van der Waals surface area (Å²) in [6.07, 6.45) is -2.75. The minimum Gasteiger partial charge on any atom is -0.361 e. The van der Waals surface area contributed by atoms with Crippen molar-refractivity contribution in [3.8, 4) is 0 Å². The van der Waals surface area contributed by atoms with E-state index >= 15 is 0 Å². The van der Waals surface area contributed by atoms with Crippen LogP contribution in [0.5, 0.6) is 0 Å². The molecular formula is C9H16F3NO2. The molecule has 0 aliphatic heterocycles. The van der Waals surface area contributed by atoms with Crippen molar-refractivity contribution in [3.05, 3.63) is 0 Å². The Balaban J connectivity index is 4.09. The van der Waals surface area contributed by atoms with Gasteiger partial charge in [-0.1, -0.05) is 20.3 Å². The van der Waals surface area contributed by atoms with Gasteiger partial charge in [-0.25, -0.2) is 4.79 Å². The Morgan fingerprint density at radius 1 is 1.20 bits per heavy atom. The van der Waals surface area contributed by atoms with Crippen LogP contribution in [0.3, 0.4) is 0 Å². The van der Waals surface area contributed by atoms with Gasteiger partial charge < -0.3 is 4.84 Å². The molecule has 0 radical (unpaired) electrons. The van der Waals surface area contributed by atoms with Crippen LogP contribution < -0.4 is 0 Å². The van der Waals surface area contributed by atoms with E-state index in [1.807, 2.05) is 6.92 Å². The molecule has 0 aromatic carbocycles. The first kappa shape index (κ1) is 14.2. The highest BCUT2D eigenvalue weighted by atomic mass is 19.4. The first-order chi connectivity index (χ1) is 6.91. The third-order valence-electron chi connectivity index (χ3n) is 1.68. The maximum absolute atomic E-state index is 11.9. The molecule has 0 aromatic rings. The molecule has 0 N–H and O–H groups in total. The summed E-state index contributed by atoms with van der Waals surface area (Å²) in [5.41, 5.74) is 0. The van der Waals surface area contributed by atoms with Gasteiger partial charge in [0.2, 0.25) is 0 Å². The van der Waals surface area contributed by atoms with Gasteiger partial charge in [0.1, 0.15) is 0 Å². The van der Waals surface area contributed by atoms with E-state index in [1.54, 1.807) is 6.92 Å². The van der Waals surface area contributed by atoms with Crippen LogP contribution in [-0.4, -0.2) is 30.3 Å². The van der Waals surface area contributed by atoms with Crippen LogP contribution in [0.1, 0.15) is 33.1 Å². The average molecular weight is 227 g/mol. The molecule has 0 spiro atoms. The summed E-state index contributed by atoms with van der Waals surface area (Å²) in [6.45, 7) is 4.38. The van der Waals surface area contributed by atoms with Crippen molar-refractivity contribution in [3.63, 3.8) is 0 Å². The van der Waals surface area contributed by atoms with Crippen LogP contribution in [0, 0.1) is 0 Å². The number of halogens is 3. The summed E-state index contributed by atoms with van der Waals surface area (Å²) < 4.78 is 35.6. The molecule has 15 heavy (non-hydrogen) atoms. The van der Waals surface area contributed by atoms with E-state index in [-0.39, 0.29) is 0 Å². The zero-order valence-electron chi connectivity index (χ0n) is 8.93. The molecule has 0 aromatic heterocycles. The molecule has 90 valence electrons. The second kappa shape index (κ2) is 6.66. The lowest BCUT2D eigenvalue weighted by atomic mass is 10.3. The highest BCUT2D eigenvalue weighted by molar-refractivity contribution is 5.75.